The summed E-state index contributed by atoms with van der Waals surface area (Å²) in [6.45, 7) is 8.88. The van der Waals surface area contributed by atoms with Crippen molar-refractivity contribution in [2.75, 3.05) is 7.11 Å². The predicted molar refractivity (Wildman–Crippen MR) is 77.3 cm³/mol. The van der Waals surface area contributed by atoms with Gasteiger partial charge in [0.2, 0.25) is 0 Å². The SMILES string of the molecule is CC(C)(C)OC=O.COC(=O)/C=C/C(OC(C)=O)[C@H](C)N. The molecule has 0 aliphatic heterocycles. The van der Waals surface area contributed by atoms with E-state index < -0.39 is 18.0 Å². The molecule has 1 unspecified atom stereocenters. The number of carbonyl (C=O) groups is 3. The first-order valence-electron chi connectivity index (χ1n) is 6.34. The van der Waals surface area contributed by atoms with Crippen LogP contribution in [0.25, 0.3) is 0 Å². The Hall–Kier alpha value is -1.89. The normalized spacial score (nSPS) is 13.5. The van der Waals surface area contributed by atoms with Crippen LogP contribution in [0.1, 0.15) is 34.6 Å². The minimum atomic E-state index is -0.605. The lowest BCUT2D eigenvalue weighted by atomic mass is 10.2. The van der Waals surface area contributed by atoms with E-state index in [0.717, 1.165) is 0 Å². The molecule has 7 nitrogen and oxygen atoms in total. The third-order valence-corrected chi connectivity index (χ3v) is 1.85. The molecule has 0 fully saturated rings. The van der Waals surface area contributed by atoms with Crippen LogP contribution >= 0.6 is 0 Å². The molecule has 0 aromatic heterocycles. The van der Waals surface area contributed by atoms with Gasteiger partial charge < -0.3 is 19.9 Å². The standard InChI is InChI=1S/C9H15NO4.C5H10O2/c1-6(10)8(14-7(2)11)4-5-9(12)13-3;1-5(2,3)7-4-6/h4-6,8H,10H2,1-3H3;4H,1-3H3/b5-4+;/t6-,8?;/m0./s1. The van der Waals surface area contributed by atoms with Gasteiger partial charge in [-0.1, -0.05) is 0 Å². The number of nitrogens with two attached hydrogens (primary N) is 1. The zero-order chi connectivity index (χ0) is 17.1. The second kappa shape index (κ2) is 10.8. The molecule has 0 rings (SSSR count). The summed E-state index contributed by atoms with van der Waals surface area (Å²) in [5, 5.41) is 0. The van der Waals surface area contributed by atoms with E-state index in [0.29, 0.717) is 6.47 Å². The van der Waals surface area contributed by atoms with Crippen molar-refractivity contribution in [3.8, 4) is 0 Å². The van der Waals surface area contributed by atoms with Crippen molar-refractivity contribution in [2.45, 2.75) is 52.4 Å². The Morgan fingerprint density at radius 2 is 1.76 bits per heavy atom. The van der Waals surface area contributed by atoms with Crippen molar-refractivity contribution in [3.63, 3.8) is 0 Å². The molecule has 0 saturated heterocycles. The number of hydrogen-bond donors (Lipinski definition) is 1. The smallest absolute Gasteiger partial charge is 0.330 e. The third kappa shape index (κ3) is 16.1. The van der Waals surface area contributed by atoms with Gasteiger partial charge >= 0.3 is 11.9 Å². The van der Waals surface area contributed by atoms with Crippen LogP contribution in [0.4, 0.5) is 0 Å². The fraction of sp³-hybridized carbons (Fsp3) is 0.643. The van der Waals surface area contributed by atoms with Gasteiger partial charge in [-0.2, -0.15) is 0 Å². The molecule has 0 spiro atoms. The molecule has 0 heterocycles. The highest BCUT2D eigenvalue weighted by Crippen LogP contribution is 2.02. The quantitative estimate of drug-likeness (QED) is 0.349. The van der Waals surface area contributed by atoms with Gasteiger partial charge in [0, 0.05) is 19.0 Å². The minimum absolute atomic E-state index is 0.318. The fourth-order valence-corrected chi connectivity index (χ4v) is 0.899. The van der Waals surface area contributed by atoms with Crippen LogP contribution in [0, 0.1) is 0 Å². The number of carbonyl (C=O) groups excluding carboxylic acids is 3. The molecule has 2 N–H and O–H groups in total. The van der Waals surface area contributed by atoms with Gasteiger partial charge in [-0.25, -0.2) is 4.79 Å². The Balaban J connectivity index is 0. The van der Waals surface area contributed by atoms with Crippen LogP contribution in [0.2, 0.25) is 0 Å². The van der Waals surface area contributed by atoms with Crippen LogP contribution in [0.5, 0.6) is 0 Å². The minimum Gasteiger partial charge on any atom is -0.466 e. The van der Waals surface area contributed by atoms with Crippen LogP contribution in [0.3, 0.4) is 0 Å². The van der Waals surface area contributed by atoms with Crippen LogP contribution in [-0.2, 0) is 28.6 Å². The van der Waals surface area contributed by atoms with E-state index in [1.165, 1.54) is 26.2 Å². The van der Waals surface area contributed by atoms with Gasteiger partial charge in [0.25, 0.3) is 6.47 Å². The van der Waals surface area contributed by atoms with E-state index in [1.807, 2.05) is 20.8 Å². The molecule has 0 aliphatic rings. The average molecular weight is 303 g/mol. The topological polar surface area (TPSA) is 105 Å². The van der Waals surface area contributed by atoms with Gasteiger partial charge in [0.15, 0.2) is 0 Å². The number of methoxy groups -OCH3 is 1. The van der Waals surface area contributed by atoms with E-state index in [1.54, 1.807) is 6.92 Å². The van der Waals surface area contributed by atoms with E-state index >= 15 is 0 Å². The fourth-order valence-electron chi connectivity index (χ4n) is 0.899. The molecule has 0 saturated carbocycles. The third-order valence-electron chi connectivity index (χ3n) is 1.85. The second-order valence-corrected chi connectivity index (χ2v) is 5.14. The molecule has 7 heteroatoms. The summed E-state index contributed by atoms with van der Waals surface area (Å²) in [5.41, 5.74) is 5.21. The van der Waals surface area contributed by atoms with Crippen molar-refractivity contribution in [1.82, 2.24) is 0 Å². The van der Waals surface area contributed by atoms with Crippen LogP contribution in [0.15, 0.2) is 12.2 Å². The molecule has 2 atom stereocenters. The van der Waals surface area contributed by atoms with Crippen molar-refractivity contribution in [3.05, 3.63) is 12.2 Å². The lowest BCUT2D eigenvalue weighted by Gasteiger charge is -2.16. The van der Waals surface area contributed by atoms with Gasteiger partial charge in [-0.3, -0.25) is 9.59 Å². The maximum absolute atomic E-state index is 10.7. The largest absolute Gasteiger partial charge is 0.466 e. The highest BCUT2D eigenvalue weighted by Gasteiger charge is 2.13. The second-order valence-electron chi connectivity index (χ2n) is 5.14. The van der Waals surface area contributed by atoms with Gasteiger partial charge in [-0.15, -0.1) is 0 Å². The summed E-state index contributed by atoms with van der Waals surface area (Å²) in [7, 11) is 1.26. The average Bonchev–Trinajstić information content (AvgIpc) is 2.32. The molecule has 0 aromatic rings. The number of hydrogen-bond acceptors (Lipinski definition) is 7. The van der Waals surface area contributed by atoms with E-state index in [-0.39, 0.29) is 11.6 Å². The van der Waals surface area contributed by atoms with Gasteiger partial charge in [-0.05, 0) is 33.8 Å². The number of ether oxygens (including phenoxy) is 3. The molecule has 0 amide bonds. The molecule has 21 heavy (non-hydrogen) atoms. The number of esters is 2. The maximum atomic E-state index is 10.7. The van der Waals surface area contributed by atoms with E-state index in [2.05, 4.69) is 9.47 Å². The summed E-state index contributed by atoms with van der Waals surface area (Å²) in [6.07, 6.45) is 1.97. The lowest BCUT2D eigenvalue weighted by Crippen LogP contribution is -2.33. The predicted octanol–water partition coefficient (Wildman–Crippen LogP) is 0.952. The highest BCUT2D eigenvalue weighted by molar-refractivity contribution is 5.81. The van der Waals surface area contributed by atoms with Gasteiger partial charge in [0.1, 0.15) is 11.7 Å². The Morgan fingerprint density at radius 3 is 2.00 bits per heavy atom. The lowest BCUT2D eigenvalue weighted by molar-refractivity contribution is -0.145. The first kappa shape index (κ1) is 21.4. The Kier molecular flexibility index (Phi) is 11.1. The molecule has 122 valence electrons. The van der Waals surface area contributed by atoms with Crippen LogP contribution < -0.4 is 5.73 Å². The summed E-state index contributed by atoms with van der Waals surface area (Å²) >= 11 is 0. The van der Waals surface area contributed by atoms with Crippen molar-refractivity contribution in [1.29, 1.82) is 0 Å². The molecular weight excluding hydrogens is 278 g/mol. The summed E-state index contributed by atoms with van der Waals surface area (Å²) in [6, 6.07) is -0.375. The first-order valence-corrected chi connectivity index (χ1v) is 6.34. The summed E-state index contributed by atoms with van der Waals surface area (Å²) in [5.74, 6) is -0.954. The summed E-state index contributed by atoms with van der Waals surface area (Å²) in [4.78, 5) is 31.0. The van der Waals surface area contributed by atoms with Crippen molar-refractivity contribution >= 4 is 18.4 Å². The molecule has 0 aromatic carbocycles. The molecular formula is C14H25NO6. The molecule has 0 bridgehead atoms. The van der Waals surface area contributed by atoms with Crippen molar-refractivity contribution in [2.24, 2.45) is 5.73 Å². The van der Waals surface area contributed by atoms with Gasteiger partial charge in [0.05, 0.1) is 7.11 Å². The number of rotatable bonds is 5. The zero-order valence-electron chi connectivity index (χ0n) is 13.4. The maximum Gasteiger partial charge on any atom is 0.330 e. The molecule has 0 radical (unpaired) electrons. The van der Waals surface area contributed by atoms with Crippen molar-refractivity contribution < 1.29 is 28.6 Å². The monoisotopic (exact) mass is 303 g/mol. The Labute approximate surface area is 125 Å². The Bertz CT molecular complexity index is 357. The first-order chi connectivity index (χ1) is 9.53. The highest BCUT2D eigenvalue weighted by atomic mass is 16.5. The van der Waals surface area contributed by atoms with Crippen LogP contribution in [-0.4, -0.2) is 43.3 Å². The van der Waals surface area contributed by atoms with E-state index in [4.69, 9.17) is 10.5 Å². The van der Waals surface area contributed by atoms with E-state index in [9.17, 15) is 14.4 Å². The zero-order valence-corrected chi connectivity index (χ0v) is 13.4. The molecule has 0 aliphatic carbocycles. The Morgan fingerprint density at radius 1 is 1.24 bits per heavy atom. The summed E-state index contributed by atoms with van der Waals surface area (Å²) < 4.78 is 13.8.